The molecule has 0 saturated carbocycles. The Balaban J connectivity index is 1.78. The predicted molar refractivity (Wildman–Crippen MR) is 100 cm³/mol. The maximum absolute atomic E-state index is 12.4. The van der Waals surface area contributed by atoms with E-state index in [1.54, 1.807) is 55.7 Å². The van der Waals surface area contributed by atoms with Crippen LogP contribution in [0.3, 0.4) is 0 Å². The number of nitrogens with one attached hydrogen (secondary N) is 2. The molecule has 0 aliphatic heterocycles. The second-order valence-electron chi connectivity index (χ2n) is 5.76. The van der Waals surface area contributed by atoms with Gasteiger partial charge < -0.3 is 5.32 Å². The second-order valence-corrected chi connectivity index (χ2v) is 7.45. The van der Waals surface area contributed by atoms with Crippen molar-refractivity contribution in [1.29, 1.82) is 0 Å². The van der Waals surface area contributed by atoms with Crippen molar-refractivity contribution < 1.29 is 13.2 Å². The lowest BCUT2D eigenvalue weighted by atomic mass is 10.1. The number of rotatable bonds is 5. The molecule has 134 valence electrons. The van der Waals surface area contributed by atoms with Crippen molar-refractivity contribution in [3.05, 3.63) is 60.8 Å². The van der Waals surface area contributed by atoms with E-state index in [9.17, 15) is 13.2 Å². The molecule has 0 atom stereocenters. The summed E-state index contributed by atoms with van der Waals surface area (Å²) in [5.41, 5.74) is 2.50. The highest BCUT2D eigenvalue weighted by molar-refractivity contribution is 7.92. The summed E-state index contributed by atoms with van der Waals surface area (Å²) in [7, 11) is -1.98. The number of hydrogen-bond acceptors (Lipinski definition) is 4. The van der Waals surface area contributed by atoms with Gasteiger partial charge in [0.2, 0.25) is 5.91 Å². The zero-order valence-electron chi connectivity index (χ0n) is 14.3. The molecular weight excluding hydrogens is 352 g/mol. The molecule has 1 aromatic heterocycles. The second kappa shape index (κ2) is 7.01. The molecule has 2 N–H and O–H groups in total. The van der Waals surface area contributed by atoms with E-state index < -0.39 is 10.0 Å². The monoisotopic (exact) mass is 370 g/mol. The number of aryl methyl sites for hydroxylation is 1. The summed E-state index contributed by atoms with van der Waals surface area (Å²) in [5.74, 6) is 0.137. The summed E-state index contributed by atoms with van der Waals surface area (Å²) in [4.78, 5) is 11.2. The van der Waals surface area contributed by atoms with E-state index in [4.69, 9.17) is 0 Å². The van der Waals surface area contributed by atoms with Gasteiger partial charge in [-0.1, -0.05) is 24.3 Å². The maximum Gasteiger partial charge on any atom is 0.263 e. The van der Waals surface area contributed by atoms with Gasteiger partial charge in [-0.05, 0) is 35.4 Å². The number of aromatic nitrogens is 2. The molecule has 0 spiro atoms. The van der Waals surface area contributed by atoms with Crippen molar-refractivity contribution >= 4 is 27.4 Å². The van der Waals surface area contributed by atoms with E-state index >= 15 is 0 Å². The third-order valence-electron chi connectivity index (χ3n) is 3.66. The molecule has 3 aromatic rings. The normalized spacial score (nSPS) is 11.2. The molecule has 0 fully saturated rings. The largest absolute Gasteiger partial charge is 0.326 e. The van der Waals surface area contributed by atoms with Gasteiger partial charge in [0.25, 0.3) is 10.0 Å². The Labute approximate surface area is 151 Å². The lowest BCUT2D eigenvalue weighted by Gasteiger charge is -2.08. The van der Waals surface area contributed by atoms with Crippen LogP contribution in [0.2, 0.25) is 0 Å². The fourth-order valence-corrected chi connectivity index (χ4v) is 3.44. The Bertz CT molecular complexity index is 1020. The molecule has 0 saturated heterocycles. The molecule has 3 rings (SSSR count). The summed E-state index contributed by atoms with van der Waals surface area (Å²) >= 11 is 0. The lowest BCUT2D eigenvalue weighted by Crippen LogP contribution is -2.13. The average Bonchev–Trinajstić information content (AvgIpc) is 2.99. The van der Waals surface area contributed by atoms with E-state index in [-0.39, 0.29) is 16.6 Å². The summed E-state index contributed by atoms with van der Waals surface area (Å²) in [6.45, 7) is 1.45. The minimum atomic E-state index is -3.69. The Kier molecular flexibility index (Phi) is 4.77. The highest BCUT2D eigenvalue weighted by Crippen LogP contribution is 2.24. The van der Waals surface area contributed by atoms with E-state index in [0.29, 0.717) is 5.69 Å². The number of anilines is 2. The van der Waals surface area contributed by atoms with Crippen molar-refractivity contribution in [3.8, 4) is 11.1 Å². The van der Waals surface area contributed by atoms with Crippen LogP contribution in [0.15, 0.2) is 65.7 Å². The van der Waals surface area contributed by atoms with Crippen LogP contribution in [-0.2, 0) is 21.9 Å². The first-order chi connectivity index (χ1) is 12.3. The molecule has 8 heteroatoms. The van der Waals surface area contributed by atoms with Gasteiger partial charge in [0.1, 0.15) is 0 Å². The van der Waals surface area contributed by atoms with Gasteiger partial charge in [0.15, 0.2) is 5.82 Å². The molecule has 0 aliphatic carbocycles. The molecule has 0 radical (unpaired) electrons. The van der Waals surface area contributed by atoms with Crippen molar-refractivity contribution in [3.63, 3.8) is 0 Å². The molecule has 0 aliphatic rings. The molecule has 0 unspecified atom stereocenters. The van der Waals surface area contributed by atoms with Crippen LogP contribution < -0.4 is 10.0 Å². The Morgan fingerprint density at radius 1 is 0.962 bits per heavy atom. The number of carbonyl (C=O) groups is 1. The third kappa shape index (κ3) is 4.09. The minimum absolute atomic E-state index is 0.132. The molecule has 0 bridgehead atoms. The van der Waals surface area contributed by atoms with Gasteiger partial charge in [-0.25, -0.2) is 8.42 Å². The number of amides is 1. The average molecular weight is 370 g/mol. The van der Waals surface area contributed by atoms with Gasteiger partial charge in [-0.3, -0.25) is 14.2 Å². The van der Waals surface area contributed by atoms with Crippen LogP contribution in [0, 0.1) is 0 Å². The number of nitrogens with zero attached hydrogens (tertiary/aromatic N) is 2. The van der Waals surface area contributed by atoms with Crippen molar-refractivity contribution in [1.82, 2.24) is 9.78 Å². The highest BCUT2D eigenvalue weighted by Gasteiger charge is 2.15. The number of benzene rings is 2. The first kappa shape index (κ1) is 17.7. The van der Waals surface area contributed by atoms with Crippen LogP contribution in [0.25, 0.3) is 11.1 Å². The molecule has 26 heavy (non-hydrogen) atoms. The zero-order valence-corrected chi connectivity index (χ0v) is 15.1. The lowest BCUT2D eigenvalue weighted by molar-refractivity contribution is -0.114. The van der Waals surface area contributed by atoms with Gasteiger partial charge >= 0.3 is 0 Å². The highest BCUT2D eigenvalue weighted by atomic mass is 32.2. The van der Waals surface area contributed by atoms with Gasteiger partial charge in [-0.15, -0.1) is 0 Å². The SMILES string of the molecule is CC(=O)Nc1ccc(-c2ccc(S(=O)(=O)Nc3ccn(C)n3)cc2)cc1. The van der Waals surface area contributed by atoms with Gasteiger partial charge in [0.05, 0.1) is 4.90 Å². The molecule has 1 heterocycles. The van der Waals surface area contributed by atoms with Crippen LogP contribution in [-0.4, -0.2) is 24.1 Å². The number of carbonyl (C=O) groups excluding carboxylic acids is 1. The van der Waals surface area contributed by atoms with Crippen LogP contribution in [0.5, 0.6) is 0 Å². The Morgan fingerprint density at radius 2 is 1.54 bits per heavy atom. The van der Waals surface area contributed by atoms with E-state index in [1.165, 1.54) is 11.6 Å². The number of hydrogen-bond donors (Lipinski definition) is 2. The summed E-state index contributed by atoms with van der Waals surface area (Å²) < 4.78 is 28.8. The third-order valence-corrected chi connectivity index (χ3v) is 5.03. The predicted octanol–water partition coefficient (Wildman–Crippen LogP) is 2.85. The van der Waals surface area contributed by atoms with Crippen molar-refractivity contribution in [2.45, 2.75) is 11.8 Å². The molecule has 7 nitrogen and oxygen atoms in total. The zero-order chi connectivity index (χ0) is 18.7. The smallest absolute Gasteiger partial charge is 0.263 e. The van der Waals surface area contributed by atoms with Gasteiger partial charge in [-0.2, -0.15) is 5.10 Å². The standard InChI is InChI=1S/C18H18N4O3S/c1-13(23)19-16-7-3-14(4-8-16)15-5-9-17(10-6-15)26(24,25)21-18-11-12-22(2)20-18/h3-12H,1-2H3,(H,19,23)(H,20,21). The fraction of sp³-hybridized carbons (Fsp3) is 0.111. The molecular formula is C18H18N4O3S. The van der Waals surface area contributed by atoms with Crippen LogP contribution in [0.4, 0.5) is 11.5 Å². The first-order valence-electron chi connectivity index (χ1n) is 7.84. The fourth-order valence-electron chi connectivity index (χ4n) is 2.44. The van der Waals surface area contributed by atoms with Gasteiger partial charge in [0, 0.05) is 31.9 Å². The first-order valence-corrected chi connectivity index (χ1v) is 9.32. The minimum Gasteiger partial charge on any atom is -0.326 e. The topological polar surface area (TPSA) is 93.1 Å². The van der Waals surface area contributed by atoms with Crippen LogP contribution >= 0.6 is 0 Å². The van der Waals surface area contributed by atoms with Crippen molar-refractivity contribution in [2.75, 3.05) is 10.0 Å². The van der Waals surface area contributed by atoms with E-state index in [0.717, 1.165) is 11.1 Å². The quantitative estimate of drug-likeness (QED) is 0.722. The van der Waals surface area contributed by atoms with E-state index in [1.807, 2.05) is 12.1 Å². The van der Waals surface area contributed by atoms with E-state index in [2.05, 4.69) is 15.1 Å². The molecule has 1 amide bonds. The molecule has 2 aromatic carbocycles. The summed E-state index contributed by atoms with van der Waals surface area (Å²) in [6, 6.07) is 15.5. The maximum atomic E-state index is 12.4. The summed E-state index contributed by atoms with van der Waals surface area (Å²) in [5, 5.41) is 6.71. The number of sulfonamides is 1. The van der Waals surface area contributed by atoms with Crippen LogP contribution in [0.1, 0.15) is 6.92 Å². The Hall–Kier alpha value is -3.13. The van der Waals surface area contributed by atoms with Crippen molar-refractivity contribution in [2.24, 2.45) is 7.05 Å². The Morgan fingerprint density at radius 3 is 2.04 bits per heavy atom. The summed E-state index contributed by atoms with van der Waals surface area (Å²) in [6.07, 6.45) is 1.66.